The van der Waals surface area contributed by atoms with Crippen molar-refractivity contribution in [2.45, 2.75) is 19.4 Å². The van der Waals surface area contributed by atoms with Crippen LogP contribution in [-0.2, 0) is 6.54 Å². The summed E-state index contributed by atoms with van der Waals surface area (Å²) in [6, 6.07) is 11.6. The van der Waals surface area contributed by atoms with Crippen molar-refractivity contribution < 1.29 is 9.72 Å². The van der Waals surface area contributed by atoms with Gasteiger partial charge in [0.05, 0.1) is 10.6 Å². The molecule has 1 aromatic carbocycles. The number of carbonyl (C=O) groups excluding carboxylic acids is 1. The highest BCUT2D eigenvalue weighted by molar-refractivity contribution is 5.92. The number of benzene rings is 1. The monoisotopic (exact) mass is 392 g/mol. The Kier molecular flexibility index (Phi) is 5.19. The Hall–Kier alpha value is -3.75. The SMILES string of the molecule is O=C(NCc1ccc(N2CCCC2)nc1)c1ccn(-c2cccc([N+](=O)[O-])c2)n1. The molecule has 0 bridgehead atoms. The third-order valence-electron chi connectivity index (χ3n) is 4.82. The van der Waals surface area contributed by atoms with E-state index in [1.54, 1.807) is 30.6 Å². The molecule has 3 aromatic rings. The fourth-order valence-electron chi connectivity index (χ4n) is 3.27. The van der Waals surface area contributed by atoms with Crippen LogP contribution in [0.25, 0.3) is 5.69 Å². The number of hydrogen-bond donors (Lipinski definition) is 1. The van der Waals surface area contributed by atoms with E-state index in [2.05, 4.69) is 20.3 Å². The molecular formula is C20H20N6O3. The predicted molar refractivity (Wildman–Crippen MR) is 107 cm³/mol. The van der Waals surface area contributed by atoms with E-state index >= 15 is 0 Å². The van der Waals surface area contributed by atoms with Crippen molar-refractivity contribution in [1.82, 2.24) is 20.1 Å². The molecule has 1 aliphatic rings. The lowest BCUT2D eigenvalue weighted by atomic mass is 10.2. The van der Waals surface area contributed by atoms with Gasteiger partial charge in [-0.15, -0.1) is 0 Å². The molecule has 0 spiro atoms. The lowest BCUT2D eigenvalue weighted by molar-refractivity contribution is -0.384. The van der Waals surface area contributed by atoms with Gasteiger partial charge in [-0.05, 0) is 36.6 Å². The zero-order valence-corrected chi connectivity index (χ0v) is 15.7. The van der Waals surface area contributed by atoms with Gasteiger partial charge in [-0.2, -0.15) is 5.10 Å². The van der Waals surface area contributed by atoms with Crippen molar-refractivity contribution in [3.8, 4) is 5.69 Å². The van der Waals surface area contributed by atoms with Crippen molar-refractivity contribution in [2.75, 3.05) is 18.0 Å². The number of amides is 1. The van der Waals surface area contributed by atoms with Crippen LogP contribution < -0.4 is 10.2 Å². The summed E-state index contributed by atoms with van der Waals surface area (Å²) in [7, 11) is 0. The van der Waals surface area contributed by atoms with Crippen LogP contribution in [0.4, 0.5) is 11.5 Å². The summed E-state index contributed by atoms with van der Waals surface area (Å²) in [5.74, 6) is 0.645. The van der Waals surface area contributed by atoms with Crippen LogP contribution >= 0.6 is 0 Å². The van der Waals surface area contributed by atoms with Crippen LogP contribution in [0.5, 0.6) is 0 Å². The van der Waals surface area contributed by atoms with Crippen LogP contribution in [0.3, 0.4) is 0 Å². The van der Waals surface area contributed by atoms with Gasteiger partial charge >= 0.3 is 0 Å². The zero-order chi connectivity index (χ0) is 20.2. The largest absolute Gasteiger partial charge is 0.357 e. The molecule has 1 fully saturated rings. The van der Waals surface area contributed by atoms with Crippen LogP contribution in [0, 0.1) is 10.1 Å². The van der Waals surface area contributed by atoms with Crippen molar-refractivity contribution in [3.63, 3.8) is 0 Å². The number of pyridine rings is 1. The summed E-state index contributed by atoms with van der Waals surface area (Å²) < 4.78 is 1.44. The Morgan fingerprint density at radius 2 is 2.00 bits per heavy atom. The highest BCUT2D eigenvalue weighted by Crippen LogP contribution is 2.18. The van der Waals surface area contributed by atoms with E-state index in [1.165, 1.54) is 29.7 Å². The third-order valence-corrected chi connectivity index (χ3v) is 4.82. The molecule has 4 rings (SSSR count). The van der Waals surface area contributed by atoms with Crippen LogP contribution in [0.1, 0.15) is 28.9 Å². The molecule has 0 atom stereocenters. The van der Waals surface area contributed by atoms with Gasteiger partial charge in [0, 0.05) is 44.2 Å². The maximum atomic E-state index is 12.4. The summed E-state index contributed by atoms with van der Waals surface area (Å²) in [5, 5.41) is 18.0. The number of non-ortho nitro benzene ring substituents is 1. The molecule has 148 valence electrons. The van der Waals surface area contributed by atoms with E-state index in [4.69, 9.17) is 0 Å². The molecule has 1 N–H and O–H groups in total. The van der Waals surface area contributed by atoms with Crippen molar-refractivity contribution >= 4 is 17.4 Å². The molecular weight excluding hydrogens is 372 g/mol. The smallest absolute Gasteiger partial charge is 0.272 e. The maximum absolute atomic E-state index is 12.4. The normalized spacial score (nSPS) is 13.4. The highest BCUT2D eigenvalue weighted by Gasteiger charge is 2.14. The number of rotatable bonds is 6. The molecule has 3 heterocycles. The summed E-state index contributed by atoms with van der Waals surface area (Å²) in [6.07, 6.45) is 5.76. The van der Waals surface area contributed by atoms with Gasteiger partial charge in [0.25, 0.3) is 11.6 Å². The van der Waals surface area contributed by atoms with E-state index < -0.39 is 4.92 Å². The molecule has 1 saturated heterocycles. The Morgan fingerprint density at radius 3 is 2.72 bits per heavy atom. The Balaban J connectivity index is 1.38. The van der Waals surface area contributed by atoms with Gasteiger partial charge in [-0.1, -0.05) is 12.1 Å². The number of hydrogen-bond acceptors (Lipinski definition) is 6. The topological polar surface area (TPSA) is 106 Å². The molecule has 29 heavy (non-hydrogen) atoms. The fourth-order valence-corrected chi connectivity index (χ4v) is 3.27. The average Bonchev–Trinajstić information content (AvgIpc) is 3.45. The first kappa shape index (κ1) is 18.6. The van der Waals surface area contributed by atoms with Gasteiger partial charge in [-0.25, -0.2) is 9.67 Å². The molecule has 1 amide bonds. The van der Waals surface area contributed by atoms with Gasteiger partial charge in [0.15, 0.2) is 5.69 Å². The van der Waals surface area contributed by atoms with Gasteiger partial charge in [0.1, 0.15) is 5.82 Å². The number of nitrogens with one attached hydrogen (secondary N) is 1. The highest BCUT2D eigenvalue weighted by atomic mass is 16.6. The van der Waals surface area contributed by atoms with Crippen molar-refractivity contribution in [1.29, 1.82) is 0 Å². The number of nitro groups is 1. The molecule has 0 radical (unpaired) electrons. The number of carbonyl (C=O) groups is 1. The predicted octanol–water partition coefficient (Wildman–Crippen LogP) is 2.71. The standard InChI is InChI=1S/C20H20N6O3/c27-20(22-14-15-6-7-19(21-13-15)24-9-1-2-10-24)18-8-11-25(23-18)16-4-3-5-17(12-16)26(28)29/h3-8,11-13H,1-2,9-10,14H2,(H,22,27). The lowest BCUT2D eigenvalue weighted by Crippen LogP contribution is -2.24. The molecule has 9 nitrogen and oxygen atoms in total. The average molecular weight is 392 g/mol. The number of nitro benzene ring substituents is 1. The minimum atomic E-state index is -0.469. The van der Waals surface area contributed by atoms with Crippen molar-refractivity contribution in [3.05, 3.63) is 76.2 Å². The fraction of sp³-hybridized carbons (Fsp3) is 0.250. The Bertz CT molecular complexity index is 1020. The molecule has 1 aliphatic heterocycles. The Morgan fingerprint density at radius 1 is 1.17 bits per heavy atom. The summed E-state index contributed by atoms with van der Waals surface area (Å²) in [6.45, 7) is 2.42. The van der Waals surface area contributed by atoms with E-state index in [0.29, 0.717) is 12.2 Å². The van der Waals surface area contributed by atoms with E-state index in [9.17, 15) is 14.9 Å². The second kappa shape index (κ2) is 8.09. The molecule has 0 saturated carbocycles. The quantitative estimate of drug-likeness (QED) is 0.511. The summed E-state index contributed by atoms with van der Waals surface area (Å²) >= 11 is 0. The van der Waals surface area contributed by atoms with E-state index in [0.717, 1.165) is 24.5 Å². The maximum Gasteiger partial charge on any atom is 0.272 e. The summed E-state index contributed by atoms with van der Waals surface area (Å²) in [4.78, 5) is 29.6. The number of aromatic nitrogens is 3. The number of nitrogens with zero attached hydrogens (tertiary/aromatic N) is 5. The van der Waals surface area contributed by atoms with E-state index in [-0.39, 0.29) is 17.3 Å². The first-order valence-corrected chi connectivity index (χ1v) is 9.39. The minimum Gasteiger partial charge on any atom is -0.357 e. The summed E-state index contributed by atoms with van der Waals surface area (Å²) in [5.41, 5.74) is 1.62. The first-order chi connectivity index (χ1) is 14.1. The minimum absolute atomic E-state index is 0.0334. The Labute approximate surface area is 167 Å². The number of anilines is 1. The first-order valence-electron chi connectivity index (χ1n) is 9.39. The third kappa shape index (κ3) is 4.23. The lowest BCUT2D eigenvalue weighted by Gasteiger charge is -2.16. The van der Waals surface area contributed by atoms with Gasteiger partial charge < -0.3 is 10.2 Å². The second-order valence-electron chi connectivity index (χ2n) is 6.82. The second-order valence-corrected chi connectivity index (χ2v) is 6.82. The van der Waals surface area contributed by atoms with Gasteiger partial charge in [-0.3, -0.25) is 14.9 Å². The van der Waals surface area contributed by atoms with Crippen LogP contribution in [-0.4, -0.2) is 38.7 Å². The zero-order valence-electron chi connectivity index (χ0n) is 15.7. The molecule has 0 unspecified atom stereocenters. The van der Waals surface area contributed by atoms with Gasteiger partial charge in [0.2, 0.25) is 0 Å². The molecule has 9 heteroatoms. The van der Waals surface area contributed by atoms with Crippen LogP contribution in [0.2, 0.25) is 0 Å². The molecule has 0 aliphatic carbocycles. The van der Waals surface area contributed by atoms with Crippen molar-refractivity contribution in [2.24, 2.45) is 0 Å². The molecule has 2 aromatic heterocycles. The van der Waals surface area contributed by atoms with E-state index in [1.807, 2.05) is 12.1 Å². The van der Waals surface area contributed by atoms with Crippen LogP contribution in [0.15, 0.2) is 54.9 Å².